The van der Waals surface area contributed by atoms with Crippen LogP contribution in [-0.2, 0) is 19.4 Å². The summed E-state index contributed by atoms with van der Waals surface area (Å²) in [5.41, 5.74) is 4.75. The molecule has 6 nitrogen and oxygen atoms in total. The molecule has 158 valence electrons. The highest BCUT2D eigenvalue weighted by molar-refractivity contribution is 7.19. The maximum absolute atomic E-state index is 5.09. The second-order valence-electron chi connectivity index (χ2n) is 8.78. The largest absolute Gasteiger partial charge is 0.347 e. The quantitative estimate of drug-likeness (QED) is 0.405. The van der Waals surface area contributed by atoms with E-state index in [1.165, 1.54) is 39.6 Å². The lowest BCUT2D eigenvalue weighted by molar-refractivity contribution is 0.388. The number of rotatable bonds is 5. The highest BCUT2D eigenvalue weighted by Gasteiger charge is 2.24. The van der Waals surface area contributed by atoms with Crippen molar-refractivity contribution in [3.8, 4) is 11.4 Å². The van der Waals surface area contributed by atoms with Crippen LogP contribution in [0.1, 0.15) is 29.1 Å². The van der Waals surface area contributed by atoms with Crippen LogP contribution in [0, 0.1) is 6.92 Å². The number of aromatic nitrogens is 5. The van der Waals surface area contributed by atoms with E-state index in [4.69, 9.17) is 15.1 Å². The average molecular weight is 431 g/mol. The van der Waals surface area contributed by atoms with Gasteiger partial charge in [-0.25, -0.2) is 9.97 Å². The smallest absolute Gasteiger partial charge is 0.184 e. The summed E-state index contributed by atoms with van der Waals surface area (Å²) in [5, 5.41) is 7.36. The van der Waals surface area contributed by atoms with Crippen LogP contribution in [0.15, 0.2) is 30.5 Å². The van der Waals surface area contributed by atoms with E-state index in [9.17, 15) is 0 Å². The van der Waals surface area contributed by atoms with E-state index in [1.807, 2.05) is 22.8 Å². The molecule has 4 aromatic heterocycles. The van der Waals surface area contributed by atoms with E-state index in [0.29, 0.717) is 0 Å². The maximum atomic E-state index is 5.09. The number of hydrogen-bond acceptors (Lipinski definition) is 5. The molecular weight excluding hydrogens is 404 g/mol. The van der Waals surface area contributed by atoms with Crippen molar-refractivity contribution in [3.63, 3.8) is 0 Å². The van der Waals surface area contributed by atoms with E-state index in [1.54, 1.807) is 0 Å². The molecule has 5 aromatic rings. The fourth-order valence-electron chi connectivity index (χ4n) is 4.87. The molecule has 0 spiro atoms. The molecule has 4 heterocycles. The van der Waals surface area contributed by atoms with Gasteiger partial charge in [-0.1, -0.05) is 18.2 Å². The van der Waals surface area contributed by atoms with Crippen LogP contribution in [0.5, 0.6) is 0 Å². The molecule has 0 N–H and O–H groups in total. The first-order chi connectivity index (χ1) is 15.1. The van der Waals surface area contributed by atoms with Gasteiger partial charge in [-0.05, 0) is 64.9 Å². The Bertz CT molecular complexity index is 1440. The lowest BCUT2D eigenvalue weighted by atomic mass is 10.1. The predicted octanol–water partition coefficient (Wildman–Crippen LogP) is 4.71. The number of para-hydroxylation sites is 1. The van der Waals surface area contributed by atoms with Gasteiger partial charge in [0.25, 0.3) is 0 Å². The van der Waals surface area contributed by atoms with Gasteiger partial charge in [-0.2, -0.15) is 4.52 Å². The summed E-state index contributed by atoms with van der Waals surface area (Å²) in [4.78, 5) is 14.8. The lowest BCUT2D eigenvalue weighted by Gasteiger charge is -2.10. The molecule has 0 saturated heterocycles. The molecule has 0 radical (unpaired) electrons. The molecule has 0 amide bonds. The minimum absolute atomic E-state index is 0.790. The molecule has 0 aliphatic heterocycles. The Hall–Kier alpha value is -2.77. The fourth-order valence-corrected chi connectivity index (χ4v) is 6.18. The molecule has 0 unspecified atom stereocenters. The Labute approximate surface area is 185 Å². The topological polar surface area (TPSA) is 51.2 Å². The number of nitrogens with zero attached hydrogens (tertiary/aromatic N) is 6. The summed E-state index contributed by atoms with van der Waals surface area (Å²) in [6.45, 7) is 4.08. The summed E-state index contributed by atoms with van der Waals surface area (Å²) >= 11 is 1.84. The fraction of sp³-hybridized carbons (Fsp3) is 0.375. The van der Waals surface area contributed by atoms with E-state index >= 15 is 0 Å². The molecule has 0 saturated carbocycles. The van der Waals surface area contributed by atoms with Gasteiger partial charge in [0, 0.05) is 34.1 Å². The van der Waals surface area contributed by atoms with E-state index in [2.05, 4.69) is 54.0 Å². The highest BCUT2D eigenvalue weighted by atomic mass is 32.1. The summed E-state index contributed by atoms with van der Waals surface area (Å²) < 4.78 is 4.30. The minimum Gasteiger partial charge on any atom is -0.347 e. The van der Waals surface area contributed by atoms with Crippen LogP contribution < -0.4 is 0 Å². The van der Waals surface area contributed by atoms with Crippen LogP contribution in [-0.4, -0.2) is 49.7 Å². The number of thiophene rings is 1. The van der Waals surface area contributed by atoms with Crippen molar-refractivity contribution in [2.24, 2.45) is 0 Å². The molecule has 0 atom stereocenters. The second-order valence-corrected chi connectivity index (χ2v) is 9.86. The Morgan fingerprint density at radius 1 is 1.13 bits per heavy atom. The van der Waals surface area contributed by atoms with Crippen molar-refractivity contribution in [1.29, 1.82) is 0 Å². The number of aryl methyl sites for hydroxylation is 4. The Morgan fingerprint density at radius 2 is 2.00 bits per heavy atom. The standard InChI is InChI=1S/C24H26N6S/c1-15-25-24-21(17-9-6-11-20(17)31-24)23-26-22(27-30(15)23)18-14-29(13-7-12-28(2)3)19-10-5-4-8-16(18)19/h4-5,8,10,14H,6-7,9,11-13H2,1-3H3. The molecular formula is C24H26N6S. The van der Waals surface area contributed by atoms with E-state index in [0.717, 1.165) is 53.6 Å². The first kappa shape index (κ1) is 19.0. The number of hydrogen-bond donors (Lipinski definition) is 0. The highest BCUT2D eigenvalue weighted by Crippen LogP contribution is 2.39. The molecule has 1 aliphatic carbocycles. The van der Waals surface area contributed by atoms with Crippen molar-refractivity contribution in [1.82, 2.24) is 29.0 Å². The van der Waals surface area contributed by atoms with Crippen molar-refractivity contribution in [3.05, 3.63) is 46.7 Å². The molecule has 6 rings (SSSR count). The summed E-state index contributed by atoms with van der Waals surface area (Å²) in [7, 11) is 4.25. The summed E-state index contributed by atoms with van der Waals surface area (Å²) in [6.07, 6.45) is 6.87. The Morgan fingerprint density at radius 3 is 2.87 bits per heavy atom. The van der Waals surface area contributed by atoms with Gasteiger partial charge in [0.1, 0.15) is 10.7 Å². The monoisotopic (exact) mass is 430 g/mol. The summed E-state index contributed by atoms with van der Waals surface area (Å²) in [6, 6.07) is 8.59. The third kappa shape index (κ3) is 2.98. The van der Waals surface area contributed by atoms with Crippen LogP contribution in [0.25, 0.3) is 38.2 Å². The van der Waals surface area contributed by atoms with Crippen molar-refractivity contribution in [2.75, 3.05) is 20.6 Å². The third-order valence-electron chi connectivity index (χ3n) is 6.34. The van der Waals surface area contributed by atoms with Crippen molar-refractivity contribution < 1.29 is 0 Å². The first-order valence-corrected chi connectivity index (χ1v) is 11.8. The lowest BCUT2D eigenvalue weighted by Crippen LogP contribution is -2.14. The van der Waals surface area contributed by atoms with Crippen LogP contribution in [0.2, 0.25) is 0 Å². The Balaban J connectivity index is 1.52. The zero-order valence-electron chi connectivity index (χ0n) is 18.2. The van der Waals surface area contributed by atoms with Crippen LogP contribution in [0.3, 0.4) is 0 Å². The van der Waals surface area contributed by atoms with Gasteiger partial charge in [-0.15, -0.1) is 16.4 Å². The second kappa shape index (κ2) is 7.14. The first-order valence-electron chi connectivity index (χ1n) is 11.0. The maximum Gasteiger partial charge on any atom is 0.184 e. The van der Waals surface area contributed by atoms with Crippen molar-refractivity contribution >= 4 is 38.1 Å². The third-order valence-corrected chi connectivity index (χ3v) is 7.52. The van der Waals surface area contributed by atoms with Crippen LogP contribution >= 0.6 is 11.3 Å². The molecule has 1 aromatic carbocycles. The summed E-state index contributed by atoms with van der Waals surface area (Å²) in [5.74, 6) is 1.69. The number of fused-ring (bicyclic) bond motifs is 6. The molecule has 7 heteroatoms. The van der Waals surface area contributed by atoms with Gasteiger partial charge in [0.2, 0.25) is 0 Å². The molecule has 1 aliphatic rings. The van der Waals surface area contributed by atoms with Gasteiger partial charge < -0.3 is 9.47 Å². The molecule has 31 heavy (non-hydrogen) atoms. The van der Waals surface area contributed by atoms with E-state index < -0.39 is 0 Å². The predicted molar refractivity (Wildman–Crippen MR) is 127 cm³/mol. The van der Waals surface area contributed by atoms with Crippen molar-refractivity contribution in [2.45, 2.75) is 39.2 Å². The van der Waals surface area contributed by atoms with Gasteiger partial charge in [0.15, 0.2) is 11.5 Å². The Kier molecular flexibility index (Phi) is 4.36. The SMILES string of the molecule is Cc1nc2sc3c(c2c2nc(-c4cn(CCCN(C)C)c5ccccc45)nn12)CCC3. The number of benzene rings is 1. The normalized spacial score (nSPS) is 13.9. The van der Waals surface area contributed by atoms with Gasteiger partial charge in [-0.3, -0.25) is 0 Å². The zero-order chi connectivity index (χ0) is 21.1. The minimum atomic E-state index is 0.790. The van der Waals surface area contributed by atoms with Gasteiger partial charge >= 0.3 is 0 Å². The van der Waals surface area contributed by atoms with Gasteiger partial charge in [0.05, 0.1) is 5.39 Å². The zero-order valence-corrected chi connectivity index (χ0v) is 19.0. The molecule has 0 bridgehead atoms. The van der Waals surface area contributed by atoms with E-state index in [-0.39, 0.29) is 0 Å². The average Bonchev–Trinajstić information content (AvgIpc) is 3.49. The van der Waals surface area contributed by atoms with Crippen LogP contribution in [0.4, 0.5) is 0 Å². The molecule has 0 fully saturated rings.